The number of rotatable bonds is 16. The van der Waals surface area contributed by atoms with Crippen molar-refractivity contribution in [1.29, 1.82) is 0 Å². The van der Waals surface area contributed by atoms with E-state index in [4.69, 9.17) is 0 Å². The van der Waals surface area contributed by atoms with Crippen molar-refractivity contribution >= 4 is 0 Å². The lowest BCUT2D eigenvalue weighted by Gasteiger charge is -2.30. The number of unbranched alkanes of at least 4 members (excludes halogenated alkanes) is 10. The highest BCUT2D eigenvalue weighted by Crippen LogP contribution is 2.41. The molecule has 3 rings (SSSR count). The number of aryl methyl sites for hydroxylation is 1. The predicted molar refractivity (Wildman–Crippen MR) is 149 cm³/mol. The highest BCUT2D eigenvalue weighted by Gasteiger charge is 2.25. The third-order valence-electron chi connectivity index (χ3n) is 8.20. The minimum atomic E-state index is -0.106. The summed E-state index contributed by atoms with van der Waals surface area (Å²) in [6, 6.07) is 10.1. The number of pyridine rings is 1. The predicted octanol–water partition coefficient (Wildman–Crippen LogP) is 10.8. The van der Waals surface area contributed by atoms with Gasteiger partial charge in [0.2, 0.25) is 0 Å². The maximum Gasteiger partial charge on any atom is 0.132 e. The Kier molecular flexibility index (Phi) is 12.8. The second-order valence-corrected chi connectivity index (χ2v) is 11.0. The van der Waals surface area contributed by atoms with E-state index in [2.05, 4.69) is 31.0 Å². The van der Waals surface area contributed by atoms with Gasteiger partial charge in [-0.15, -0.1) is 0 Å². The quantitative estimate of drug-likeness (QED) is 0.218. The molecule has 0 atom stereocenters. The maximum absolute atomic E-state index is 15.2. The van der Waals surface area contributed by atoms with Crippen molar-refractivity contribution in [3.8, 4) is 11.3 Å². The molecule has 0 amide bonds. The molecule has 35 heavy (non-hydrogen) atoms. The Bertz CT molecular complexity index is 837. The highest BCUT2D eigenvalue weighted by molar-refractivity contribution is 5.65. The van der Waals surface area contributed by atoms with E-state index in [-0.39, 0.29) is 5.82 Å². The van der Waals surface area contributed by atoms with Crippen LogP contribution in [-0.2, 0) is 6.42 Å². The monoisotopic (exact) mass is 479 g/mol. The zero-order chi connectivity index (χ0) is 24.7. The molecule has 0 saturated heterocycles. The Labute approximate surface area is 215 Å². The minimum Gasteiger partial charge on any atom is -0.256 e. The van der Waals surface area contributed by atoms with Crippen molar-refractivity contribution in [3.05, 3.63) is 53.5 Å². The Hall–Kier alpha value is -1.70. The summed E-state index contributed by atoms with van der Waals surface area (Å²) in [5, 5.41) is 0. The molecule has 0 bridgehead atoms. The molecule has 194 valence electrons. The molecule has 1 aliphatic carbocycles. The van der Waals surface area contributed by atoms with Crippen LogP contribution in [0.5, 0.6) is 0 Å². The zero-order valence-electron chi connectivity index (χ0n) is 22.7. The molecule has 0 N–H and O–H groups in total. The molecule has 1 aromatic heterocycles. The van der Waals surface area contributed by atoms with Gasteiger partial charge in [-0.1, -0.05) is 103 Å². The molecule has 1 saturated carbocycles. The van der Waals surface area contributed by atoms with E-state index in [0.29, 0.717) is 11.5 Å². The molecule has 2 aromatic rings. The molecule has 0 unspecified atom stereocenters. The summed E-state index contributed by atoms with van der Waals surface area (Å²) in [5.41, 5.74) is 3.93. The average Bonchev–Trinajstić information content (AvgIpc) is 2.89. The van der Waals surface area contributed by atoms with Gasteiger partial charge in [0.05, 0.1) is 5.69 Å². The van der Waals surface area contributed by atoms with Crippen LogP contribution in [0.4, 0.5) is 4.39 Å². The van der Waals surface area contributed by atoms with Crippen molar-refractivity contribution in [2.45, 2.75) is 135 Å². The van der Waals surface area contributed by atoms with Crippen LogP contribution in [0.3, 0.4) is 0 Å². The van der Waals surface area contributed by atoms with Gasteiger partial charge in [0.25, 0.3) is 0 Å². The van der Waals surface area contributed by atoms with Gasteiger partial charge in [0.15, 0.2) is 0 Å². The van der Waals surface area contributed by atoms with Crippen molar-refractivity contribution in [1.82, 2.24) is 4.98 Å². The smallest absolute Gasteiger partial charge is 0.132 e. The fourth-order valence-electron chi connectivity index (χ4n) is 5.96. The Balaban J connectivity index is 1.52. The van der Waals surface area contributed by atoms with Crippen LogP contribution in [0.15, 0.2) is 36.5 Å². The van der Waals surface area contributed by atoms with E-state index in [1.165, 1.54) is 108 Å². The van der Waals surface area contributed by atoms with E-state index in [9.17, 15) is 0 Å². The normalized spacial score (nSPS) is 18.1. The number of nitrogens with zero attached hydrogens (tertiary/aromatic N) is 1. The first-order chi connectivity index (χ1) is 17.2. The first kappa shape index (κ1) is 27.9. The lowest BCUT2D eigenvalue weighted by atomic mass is 9.76. The Morgan fingerprint density at radius 1 is 0.771 bits per heavy atom. The first-order valence-electron chi connectivity index (χ1n) is 15.0. The molecular weight excluding hydrogens is 429 g/mol. The molecule has 0 spiro atoms. The molecule has 0 aliphatic heterocycles. The SMILES string of the molecule is CCCCCCCCc1ccc(-c2ncccc2C2CCC(CCCCCCCC)CC2)c(F)c1. The average molecular weight is 480 g/mol. The maximum atomic E-state index is 15.2. The summed E-state index contributed by atoms with van der Waals surface area (Å²) in [5.74, 6) is 1.29. The minimum absolute atomic E-state index is 0.106. The number of benzene rings is 1. The largest absolute Gasteiger partial charge is 0.256 e. The number of halogens is 1. The van der Waals surface area contributed by atoms with Gasteiger partial charge < -0.3 is 0 Å². The van der Waals surface area contributed by atoms with E-state index >= 15 is 4.39 Å². The van der Waals surface area contributed by atoms with E-state index in [0.717, 1.165) is 30.0 Å². The summed E-state index contributed by atoms with van der Waals surface area (Å²) in [4.78, 5) is 4.68. The number of hydrogen-bond acceptors (Lipinski definition) is 1. The Morgan fingerprint density at radius 3 is 2.11 bits per heavy atom. The van der Waals surface area contributed by atoms with E-state index < -0.39 is 0 Å². The lowest BCUT2D eigenvalue weighted by Crippen LogP contribution is -2.14. The van der Waals surface area contributed by atoms with Gasteiger partial charge in [-0.05, 0) is 79.7 Å². The van der Waals surface area contributed by atoms with Crippen molar-refractivity contribution in [3.63, 3.8) is 0 Å². The lowest BCUT2D eigenvalue weighted by molar-refractivity contribution is 0.302. The van der Waals surface area contributed by atoms with Crippen LogP contribution in [0.25, 0.3) is 11.3 Å². The fourth-order valence-corrected chi connectivity index (χ4v) is 5.96. The van der Waals surface area contributed by atoms with Gasteiger partial charge in [0, 0.05) is 11.8 Å². The molecule has 1 heterocycles. The third kappa shape index (κ3) is 9.36. The molecule has 1 aliphatic rings. The summed E-state index contributed by atoms with van der Waals surface area (Å²) in [7, 11) is 0. The number of aromatic nitrogens is 1. The van der Waals surface area contributed by atoms with Crippen molar-refractivity contribution in [2.75, 3.05) is 0 Å². The van der Waals surface area contributed by atoms with Crippen LogP contribution in [0, 0.1) is 11.7 Å². The summed E-state index contributed by atoms with van der Waals surface area (Å²) >= 11 is 0. The summed E-state index contributed by atoms with van der Waals surface area (Å²) < 4.78 is 15.2. The molecule has 2 heteroatoms. The standard InChI is InChI=1S/C33H50FN/c1-3-5-7-9-11-13-16-27-19-22-29(23-20-27)30-18-15-25-35-33(30)31-24-21-28(26-32(31)34)17-14-12-10-8-6-4-2/h15,18,21,24-27,29H,3-14,16-17,19-20,22-23H2,1-2H3. The second kappa shape index (κ2) is 16.1. The van der Waals surface area contributed by atoms with Crippen LogP contribution >= 0.6 is 0 Å². The van der Waals surface area contributed by atoms with Gasteiger partial charge >= 0.3 is 0 Å². The van der Waals surface area contributed by atoms with Gasteiger partial charge in [-0.25, -0.2) is 4.39 Å². The van der Waals surface area contributed by atoms with Crippen molar-refractivity contribution in [2.24, 2.45) is 5.92 Å². The molecule has 0 radical (unpaired) electrons. The first-order valence-corrected chi connectivity index (χ1v) is 15.0. The Morgan fingerprint density at radius 2 is 1.43 bits per heavy atom. The second-order valence-electron chi connectivity index (χ2n) is 11.0. The van der Waals surface area contributed by atoms with Crippen LogP contribution < -0.4 is 0 Å². The van der Waals surface area contributed by atoms with Gasteiger partial charge in [-0.3, -0.25) is 4.98 Å². The van der Waals surface area contributed by atoms with E-state index in [1.807, 2.05) is 18.3 Å². The van der Waals surface area contributed by atoms with Gasteiger partial charge in [0.1, 0.15) is 5.82 Å². The highest BCUT2D eigenvalue weighted by atomic mass is 19.1. The van der Waals surface area contributed by atoms with E-state index in [1.54, 1.807) is 6.07 Å². The van der Waals surface area contributed by atoms with Crippen LogP contribution in [0.1, 0.15) is 140 Å². The fraction of sp³-hybridized carbons (Fsp3) is 0.667. The van der Waals surface area contributed by atoms with Crippen molar-refractivity contribution < 1.29 is 4.39 Å². The summed E-state index contributed by atoms with van der Waals surface area (Å²) in [6.07, 6.45) is 25.2. The zero-order valence-corrected chi connectivity index (χ0v) is 22.7. The molecule has 1 fully saturated rings. The van der Waals surface area contributed by atoms with Gasteiger partial charge in [-0.2, -0.15) is 0 Å². The topological polar surface area (TPSA) is 12.9 Å². The molecule has 1 nitrogen and oxygen atoms in total. The third-order valence-corrected chi connectivity index (χ3v) is 8.20. The molecule has 1 aromatic carbocycles. The number of hydrogen-bond donors (Lipinski definition) is 0. The summed E-state index contributed by atoms with van der Waals surface area (Å²) in [6.45, 7) is 4.53. The van der Waals surface area contributed by atoms with Crippen LogP contribution in [-0.4, -0.2) is 4.98 Å². The molecular formula is C33H50FN. The van der Waals surface area contributed by atoms with Crippen LogP contribution in [0.2, 0.25) is 0 Å².